The van der Waals surface area contributed by atoms with Gasteiger partial charge in [0.25, 0.3) is 0 Å². The minimum absolute atomic E-state index is 0.0550. The van der Waals surface area contributed by atoms with Gasteiger partial charge in [-0.1, -0.05) is 182 Å². The van der Waals surface area contributed by atoms with Gasteiger partial charge in [-0.25, -0.2) is 0 Å². The van der Waals surface area contributed by atoms with E-state index >= 15 is 0 Å². The highest BCUT2D eigenvalue weighted by molar-refractivity contribution is 5.18. The molecule has 10 nitrogen and oxygen atoms in total. The van der Waals surface area contributed by atoms with Crippen molar-refractivity contribution >= 4 is 0 Å². The summed E-state index contributed by atoms with van der Waals surface area (Å²) in [5, 5.41) is 12.0. The summed E-state index contributed by atoms with van der Waals surface area (Å²) in [6, 6.07) is 60.0. The molecule has 1 saturated carbocycles. The molecule has 340 valence electrons. The Labute approximate surface area is 382 Å². The van der Waals surface area contributed by atoms with Gasteiger partial charge in [0.15, 0.2) is 6.29 Å². The van der Waals surface area contributed by atoms with Crippen molar-refractivity contribution in [3.63, 3.8) is 0 Å². The SMILES string of the molecule is CO[C@@H]1O[C@H](CO[C@H]2C[C@@H](O)[C@@H](OCc3ccccc3)[C@H](OCc3ccccc3)[C@H]2OCc2ccccc2)[C@@H](OCc2ccccc2)[C@H](OCc2ccccc2)[C@H]1OCc1ccccc1. The monoisotopic (exact) mass is 880 g/mol. The number of methoxy groups -OCH3 is 1. The third-order valence-corrected chi connectivity index (χ3v) is 11.9. The summed E-state index contributed by atoms with van der Waals surface area (Å²) in [5.74, 6) is 0. The highest BCUT2D eigenvalue weighted by Gasteiger charge is 2.51. The maximum atomic E-state index is 12.0. The predicted molar refractivity (Wildman–Crippen MR) is 246 cm³/mol. The van der Waals surface area contributed by atoms with Crippen molar-refractivity contribution in [2.45, 2.75) is 107 Å². The van der Waals surface area contributed by atoms with E-state index in [1.807, 2.05) is 182 Å². The molecule has 1 aliphatic heterocycles. The van der Waals surface area contributed by atoms with Gasteiger partial charge in [-0.15, -0.1) is 0 Å². The number of rotatable bonds is 22. The molecular weight excluding hydrogens is 821 g/mol. The first kappa shape index (κ1) is 46.4. The molecule has 2 aliphatic rings. The molecule has 0 spiro atoms. The first-order valence-electron chi connectivity index (χ1n) is 22.5. The molecule has 0 amide bonds. The van der Waals surface area contributed by atoms with Crippen LogP contribution in [-0.4, -0.2) is 80.0 Å². The lowest BCUT2D eigenvalue weighted by Gasteiger charge is -2.47. The Morgan fingerprint density at radius 3 is 1.06 bits per heavy atom. The van der Waals surface area contributed by atoms with Crippen LogP contribution in [0.25, 0.3) is 0 Å². The fourth-order valence-electron chi connectivity index (χ4n) is 8.47. The molecule has 10 heteroatoms. The maximum absolute atomic E-state index is 12.0. The summed E-state index contributed by atoms with van der Waals surface area (Å²) >= 11 is 0. The molecule has 1 N–H and O–H groups in total. The van der Waals surface area contributed by atoms with E-state index in [1.54, 1.807) is 7.11 Å². The lowest BCUT2D eigenvalue weighted by molar-refractivity contribution is -0.327. The van der Waals surface area contributed by atoms with Crippen LogP contribution in [0.15, 0.2) is 182 Å². The van der Waals surface area contributed by atoms with Crippen molar-refractivity contribution in [2.24, 2.45) is 0 Å². The molecule has 0 unspecified atom stereocenters. The van der Waals surface area contributed by atoms with E-state index in [4.69, 9.17) is 42.6 Å². The van der Waals surface area contributed by atoms with E-state index in [1.165, 1.54) is 0 Å². The van der Waals surface area contributed by atoms with Crippen LogP contribution in [0.2, 0.25) is 0 Å². The number of aliphatic hydroxyl groups excluding tert-OH is 1. The van der Waals surface area contributed by atoms with Crippen LogP contribution in [-0.2, 0) is 82.3 Å². The van der Waals surface area contributed by atoms with E-state index < -0.39 is 61.2 Å². The second-order valence-electron chi connectivity index (χ2n) is 16.5. The summed E-state index contributed by atoms with van der Waals surface area (Å²) in [4.78, 5) is 0. The molecule has 65 heavy (non-hydrogen) atoms. The molecule has 1 heterocycles. The Bertz CT molecular complexity index is 2200. The molecule has 0 radical (unpaired) electrons. The summed E-state index contributed by atoms with van der Waals surface area (Å²) in [6.07, 6.45) is -6.95. The van der Waals surface area contributed by atoms with Gasteiger partial charge in [-0.2, -0.15) is 0 Å². The molecule has 1 aliphatic carbocycles. The highest BCUT2D eigenvalue weighted by Crippen LogP contribution is 2.35. The van der Waals surface area contributed by atoms with Gasteiger partial charge in [0.2, 0.25) is 0 Å². The fourth-order valence-corrected chi connectivity index (χ4v) is 8.47. The molecular formula is C55H60O10. The smallest absolute Gasteiger partial charge is 0.186 e. The predicted octanol–water partition coefficient (Wildman–Crippen LogP) is 9.02. The number of benzene rings is 6. The summed E-state index contributed by atoms with van der Waals surface area (Å²) in [7, 11) is 1.61. The van der Waals surface area contributed by atoms with Crippen molar-refractivity contribution < 1.29 is 47.7 Å². The third kappa shape index (κ3) is 13.3. The van der Waals surface area contributed by atoms with Crippen LogP contribution in [0, 0.1) is 0 Å². The van der Waals surface area contributed by atoms with Gasteiger partial charge in [0, 0.05) is 13.5 Å². The lowest BCUT2D eigenvalue weighted by Crippen LogP contribution is -2.63. The number of ether oxygens (including phenoxy) is 9. The second-order valence-corrected chi connectivity index (χ2v) is 16.5. The Morgan fingerprint density at radius 2 is 0.692 bits per heavy atom. The summed E-state index contributed by atoms with van der Waals surface area (Å²) in [5.41, 5.74) is 5.97. The zero-order valence-electron chi connectivity index (χ0n) is 36.9. The van der Waals surface area contributed by atoms with Crippen molar-refractivity contribution in [3.05, 3.63) is 215 Å². The van der Waals surface area contributed by atoms with Gasteiger partial charge < -0.3 is 47.7 Å². The molecule has 0 bridgehead atoms. The third-order valence-electron chi connectivity index (χ3n) is 11.9. The zero-order valence-corrected chi connectivity index (χ0v) is 36.9. The first-order valence-corrected chi connectivity index (χ1v) is 22.5. The Kier molecular flexibility index (Phi) is 17.5. The average molecular weight is 881 g/mol. The van der Waals surface area contributed by atoms with Crippen LogP contribution in [0.5, 0.6) is 0 Å². The van der Waals surface area contributed by atoms with E-state index in [-0.39, 0.29) is 26.2 Å². The van der Waals surface area contributed by atoms with Gasteiger partial charge in [0.1, 0.15) is 42.7 Å². The van der Waals surface area contributed by atoms with Crippen LogP contribution in [0.4, 0.5) is 0 Å². The molecule has 0 aromatic heterocycles. The van der Waals surface area contributed by atoms with Crippen LogP contribution in [0.1, 0.15) is 39.8 Å². The quantitative estimate of drug-likeness (QED) is 0.0711. The lowest BCUT2D eigenvalue weighted by atomic mass is 9.86. The zero-order chi connectivity index (χ0) is 44.5. The largest absolute Gasteiger partial charge is 0.390 e. The minimum atomic E-state index is -0.942. The van der Waals surface area contributed by atoms with Crippen LogP contribution in [0.3, 0.4) is 0 Å². The molecule has 2 fully saturated rings. The minimum Gasteiger partial charge on any atom is -0.390 e. The van der Waals surface area contributed by atoms with Crippen molar-refractivity contribution in [2.75, 3.05) is 13.7 Å². The summed E-state index contributed by atoms with van der Waals surface area (Å²) < 4.78 is 60.4. The standard InChI is InChI=1S/C55H60O10/c1-57-55-54(64-38-45-30-18-7-19-31-45)53(63-37-44-28-16-6-17-29-44)51(61-35-42-24-12-4-13-25-42)48(65-55)39-58-47-32-46(56)49(59-33-40-20-8-2-9-21-40)52(62-36-43-26-14-5-15-27-43)50(47)60-34-41-22-10-3-11-23-41/h2-31,46-56H,32-39H2,1H3/t46-,47+,48-,49-,50+,51-,52+,53+,54-,55-/m1/s1. The maximum Gasteiger partial charge on any atom is 0.186 e. The average Bonchev–Trinajstić information content (AvgIpc) is 3.36. The van der Waals surface area contributed by atoms with Crippen molar-refractivity contribution in [1.29, 1.82) is 0 Å². The summed E-state index contributed by atoms with van der Waals surface area (Å²) in [6.45, 7) is 1.83. The molecule has 6 aromatic rings. The molecule has 10 atom stereocenters. The van der Waals surface area contributed by atoms with Crippen molar-refractivity contribution in [1.82, 2.24) is 0 Å². The first-order chi connectivity index (χ1) is 32.1. The van der Waals surface area contributed by atoms with Crippen LogP contribution < -0.4 is 0 Å². The number of hydrogen-bond acceptors (Lipinski definition) is 10. The second kappa shape index (κ2) is 24.4. The van der Waals surface area contributed by atoms with Crippen LogP contribution >= 0.6 is 0 Å². The Morgan fingerprint density at radius 1 is 0.385 bits per heavy atom. The Balaban J connectivity index is 1.09. The molecule has 8 rings (SSSR count). The number of aliphatic hydroxyl groups is 1. The fraction of sp³-hybridized carbons (Fsp3) is 0.345. The Hall–Kier alpha value is -5.08. The normalized spacial score (nSPS) is 25.6. The highest BCUT2D eigenvalue weighted by atomic mass is 16.7. The van der Waals surface area contributed by atoms with E-state index in [0.29, 0.717) is 26.4 Å². The van der Waals surface area contributed by atoms with Gasteiger partial charge in [0.05, 0.1) is 58.5 Å². The molecule has 6 aromatic carbocycles. The van der Waals surface area contributed by atoms with E-state index in [0.717, 1.165) is 33.4 Å². The number of hydrogen-bond donors (Lipinski definition) is 1. The van der Waals surface area contributed by atoms with Gasteiger partial charge >= 0.3 is 0 Å². The van der Waals surface area contributed by atoms with E-state index in [2.05, 4.69) is 0 Å². The van der Waals surface area contributed by atoms with E-state index in [9.17, 15) is 5.11 Å². The topological polar surface area (TPSA) is 103 Å². The van der Waals surface area contributed by atoms with Gasteiger partial charge in [-0.3, -0.25) is 0 Å². The van der Waals surface area contributed by atoms with Gasteiger partial charge in [-0.05, 0) is 33.4 Å². The van der Waals surface area contributed by atoms with Crippen molar-refractivity contribution in [3.8, 4) is 0 Å². The molecule has 1 saturated heterocycles.